The lowest BCUT2D eigenvalue weighted by molar-refractivity contribution is -0.144. The number of aliphatic hydroxyl groups excluding tert-OH is 1. The molecule has 2 aromatic rings. The van der Waals surface area contributed by atoms with E-state index in [1.807, 2.05) is 20.8 Å². The monoisotopic (exact) mass is 416 g/mol. The number of rotatable bonds is 5. The second-order valence-corrected chi connectivity index (χ2v) is 9.20. The molecule has 1 aliphatic heterocycles. The molecular weight excluding hydrogens is 388 g/mol. The molecule has 0 bridgehead atoms. The third kappa shape index (κ3) is 3.71. The summed E-state index contributed by atoms with van der Waals surface area (Å²) in [6, 6.07) is -1.41. The summed E-state index contributed by atoms with van der Waals surface area (Å²) >= 11 is 0. The Hall–Kier alpha value is -2.75. The third-order valence-corrected chi connectivity index (χ3v) is 5.73. The molecule has 2 N–H and O–H groups in total. The first-order valence-electron chi connectivity index (χ1n) is 10.3. The van der Waals surface area contributed by atoms with E-state index in [-0.39, 0.29) is 24.8 Å². The summed E-state index contributed by atoms with van der Waals surface area (Å²) in [5.74, 6) is 0.616. The van der Waals surface area contributed by atoms with E-state index in [0.29, 0.717) is 17.3 Å². The van der Waals surface area contributed by atoms with Crippen molar-refractivity contribution in [1.82, 2.24) is 30.2 Å². The Bertz CT molecular complexity index is 941. The number of nitrogens with one attached hydrogen (secondary N) is 1. The van der Waals surface area contributed by atoms with Crippen LogP contribution in [0.5, 0.6) is 0 Å². The molecule has 0 unspecified atom stereocenters. The maximum absolute atomic E-state index is 13.6. The number of aliphatic hydroxyl groups is 1. The van der Waals surface area contributed by atoms with Gasteiger partial charge in [-0.1, -0.05) is 26.0 Å². The van der Waals surface area contributed by atoms with Gasteiger partial charge in [0.25, 0.3) is 0 Å². The molecule has 1 aliphatic carbocycles. The Labute approximate surface area is 174 Å². The molecule has 162 valence electrons. The molecule has 10 nitrogen and oxygen atoms in total. The van der Waals surface area contributed by atoms with E-state index in [1.165, 1.54) is 23.0 Å². The van der Waals surface area contributed by atoms with Crippen LogP contribution in [-0.4, -0.2) is 67.5 Å². The zero-order valence-electron chi connectivity index (χ0n) is 17.7. The predicted molar refractivity (Wildman–Crippen MR) is 106 cm³/mol. The van der Waals surface area contributed by atoms with E-state index in [4.69, 9.17) is 4.42 Å². The fourth-order valence-electron chi connectivity index (χ4n) is 4.10. The van der Waals surface area contributed by atoms with Crippen molar-refractivity contribution in [3.05, 3.63) is 18.4 Å². The number of hydrogen-bond donors (Lipinski definition) is 2. The lowest BCUT2D eigenvalue weighted by Crippen LogP contribution is -2.49. The average Bonchev–Trinajstić information content (AvgIpc) is 3.07. The largest absolute Gasteiger partial charge is 0.447 e. The Morgan fingerprint density at radius 1 is 1.33 bits per heavy atom. The quantitative estimate of drug-likeness (QED) is 0.747. The van der Waals surface area contributed by atoms with Crippen LogP contribution in [0.4, 0.5) is 0 Å². The van der Waals surface area contributed by atoms with Crippen LogP contribution in [0, 0.1) is 5.41 Å². The smallest absolute Gasteiger partial charge is 0.248 e. The molecule has 1 saturated carbocycles. The van der Waals surface area contributed by atoms with Crippen LogP contribution in [0.15, 0.2) is 17.0 Å². The highest BCUT2D eigenvalue weighted by atomic mass is 16.3. The summed E-state index contributed by atoms with van der Waals surface area (Å²) in [5, 5.41) is 21.2. The highest BCUT2D eigenvalue weighted by Gasteiger charge is 2.45. The maximum atomic E-state index is 13.6. The summed E-state index contributed by atoms with van der Waals surface area (Å²) in [7, 11) is 1.52. The van der Waals surface area contributed by atoms with E-state index >= 15 is 0 Å². The van der Waals surface area contributed by atoms with Gasteiger partial charge in [-0.2, -0.15) is 0 Å². The van der Waals surface area contributed by atoms with Gasteiger partial charge < -0.3 is 19.7 Å². The molecule has 1 saturated heterocycles. The van der Waals surface area contributed by atoms with Crippen LogP contribution in [0.1, 0.15) is 57.8 Å². The van der Waals surface area contributed by atoms with E-state index in [9.17, 15) is 14.7 Å². The van der Waals surface area contributed by atoms with Crippen molar-refractivity contribution in [2.75, 3.05) is 13.6 Å². The third-order valence-electron chi connectivity index (χ3n) is 5.73. The zero-order chi connectivity index (χ0) is 21.6. The van der Waals surface area contributed by atoms with Crippen LogP contribution in [0.2, 0.25) is 0 Å². The number of carbonyl (C=O) groups is 2. The van der Waals surface area contributed by atoms with Crippen molar-refractivity contribution in [2.24, 2.45) is 5.41 Å². The number of hydrogen-bond acceptors (Lipinski definition) is 7. The number of likely N-dealkylation sites (tertiary alicyclic amines) is 1. The predicted octanol–water partition coefficient (Wildman–Crippen LogP) is 1.11. The summed E-state index contributed by atoms with van der Waals surface area (Å²) in [4.78, 5) is 31.6. The molecule has 3 atom stereocenters. The van der Waals surface area contributed by atoms with Crippen LogP contribution in [-0.2, 0) is 9.59 Å². The number of β-amino-alcohol motifs (C(OH)–C–C–N with tert-alkyl or cyclic N) is 1. The van der Waals surface area contributed by atoms with Crippen molar-refractivity contribution in [1.29, 1.82) is 0 Å². The molecule has 0 aromatic carbocycles. The zero-order valence-corrected chi connectivity index (χ0v) is 17.7. The molecule has 2 amide bonds. The maximum Gasteiger partial charge on any atom is 0.248 e. The van der Waals surface area contributed by atoms with E-state index in [1.54, 1.807) is 6.20 Å². The van der Waals surface area contributed by atoms with E-state index in [0.717, 1.165) is 18.6 Å². The molecule has 0 spiro atoms. The minimum absolute atomic E-state index is 0.111. The first kappa shape index (κ1) is 20.5. The van der Waals surface area contributed by atoms with Crippen LogP contribution in [0.25, 0.3) is 11.4 Å². The summed E-state index contributed by atoms with van der Waals surface area (Å²) in [5.41, 5.74) is 0.701. The van der Waals surface area contributed by atoms with Gasteiger partial charge in [0, 0.05) is 25.9 Å². The Kier molecular flexibility index (Phi) is 5.13. The molecular formula is C20H28N6O4. The Balaban J connectivity index is 1.65. The van der Waals surface area contributed by atoms with Gasteiger partial charge in [-0.15, -0.1) is 5.10 Å². The highest BCUT2D eigenvalue weighted by Crippen LogP contribution is 2.44. The fraction of sp³-hybridized carbons (Fsp3) is 0.650. The van der Waals surface area contributed by atoms with Crippen molar-refractivity contribution in [2.45, 2.75) is 64.1 Å². The first-order valence-corrected chi connectivity index (χ1v) is 10.3. The highest BCUT2D eigenvalue weighted by molar-refractivity contribution is 5.90. The van der Waals surface area contributed by atoms with Gasteiger partial charge in [0.1, 0.15) is 29.2 Å². The van der Waals surface area contributed by atoms with Crippen molar-refractivity contribution < 1.29 is 19.1 Å². The van der Waals surface area contributed by atoms with Gasteiger partial charge in [-0.05, 0) is 18.3 Å². The normalized spacial score (nSPS) is 22.9. The minimum atomic E-state index is -0.737. The van der Waals surface area contributed by atoms with E-state index in [2.05, 4.69) is 20.6 Å². The standard InChI is InChI=1S/C20H28N6O4/c1-20(2,3)17(19(29)25-8-12(27)7-14(25)18(28)21-4)26-9-13(23-24-26)15-16(11-5-6-11)30-10-22-15/h9-12,14,17,27H,5-8H2,1-4H3,(H,21,28)/t12-,14+,17-/m1/s1. The number of oxazole rings is 1. The van der Waals surface area contributed by atoms with Crippen molar-refractivity contribution >= 4 is 11.8 Å². The van der Waals surface area contributed by atoms with E-state index < -0.39 is 23.6 Å². The first-order chi connectivity index (χ1) is 14.2. The molecule has 2 aromatic heterocycles. The van der Waals surface area contributed by atoms with Crippen molar-refractivity contribution in [3.63, 3.8) is 0 Å². The lowest BCUT2D eigenvalue weighted by atomic mass is 9.85. The molecule has 0 radical (unpaired) electrons. The molecule has 10 heteroatoms. The average molecular weight is 416 g/mol. The van der Waals surface area contributed by atoms with Crippen LogP contribution >= 0.6 is 0 Å². The molecule has 2 fully saturated rings. The Morgan fingerprint density at radius 2 is 2.07 bits per heavy atom. The van der Waals surface area contributed by atoms with Crippen LogP contribution in [0.3, 0.4) is 0 Å². The summed E-state index contributed by atoms with van der Waals surface area (Å²) in [6.07, 6.45) is 4.73. The number of nitrogens with zero attached hydrogens (tertiary/aromatic N) is 5. The number of amides is 2. The van der Waals surface area contributed by atoms with Gasteiger partial charge in [-0.25, -0.2) is 9.67 Å². The van der Waals surface area contributed by atoms with Gasteiger partial charge in [0.05, 0.1) is 12.3 Å². The molecule has 4 rings (SSSR count). The van der Waals surface area contributed by atoms with Gasteiger partial charge in [-0.3, -0.25) is 9.59 Å². The van der Waals surface area contributed by atoms with Crippen LogP contribution < -0.4 is 5.32 Å². The molecule has 3 heterocycles. The van der Waals surface area contributed by atoms with Crippen molar-refractivity contribution in [3.8, 4) is 11.4 Å². The second kappa shape index (κ2) is 7.50. The number of aromatic nitrogens is 4. The number of carbonyl (C=O) groups excluding carboxylic acids is 2. The number of likely N-dealkylation sites (N-methyl/N-ethyl adjacent to an activating group) is 1. The fourth-order valence-corrected chi connectivity index (χ4v) is 4.10. The SMILES string of the molecule is CNC(=O)[C@@H]1C[C@@H](O)CN1C(=O)[C@@H](n1cc(-c2ncoc2C2CC2)nn1)C(C)(C)C. The minimum Gasteiger partial charge on any atom is -0.447 e. The Morgan fingerprint density at radius 3 is 2.70 bits per heavy atom. The van der Waals surface area contributed by atoms with Gasteiger partial charge >= 0.3 is 0 Å². The molecule has 2 aliphatic rings. The second-order valence-electron chi connectivity index (χ2n) is 9.20. The lowest BCUT2D eigenvalue weighted by Gasteiger charge is -2.34. The topological polar surface area (TPSA) is 126 Å². The van der Waals surface area contributed by atoms with Gasteiger partial charge in [0.15, 0.2) is 6.39 Å². The van der Waals surface area contributed by atoms with Gasteiger partial charge in [0.2, 0.25) is 11.8 Å². The molecule has 30 heavy (non-hydrogen) atoms. The summed E-state index contributed by atoms with van der Waals surface area (Å²) < 4.78 is 7.07. The summed E-state index contributed by atoms with van der Waals surface area (Å²) in [6.45, 7) is 5.91.